The molecule has 0 fully saturated rings. The Morgan fingerprint density at radius 1 is 1.59 bits per heavy atom. The maximum absolute atomic E-state index is 11.1. The minimum atomic E-state index is -0.332. The van der Waals surface area contributed by atoms with Crippen molar-refractivity contribution < 1.29 is 4.79 Å². The summed E-state index contributed by atoms with van der Waals surface area (Å²) in [4.78, 5) is 13.0. The van der Waals surface area contributed by atoms with Crippen LogP contribution in [-0.2, 0) is 18.4 Å². The van der Waals surface area contributed by atoms with Crippen molar-refractivity contribution in [3.8, 4) is 0 Å². The topological polar surface area (TPSA) is 76.2 Å². The van der Waals surface area contributed by atoms with Crippen LogP contribution in [0.3, 0.4) is 0 Å². The van der Waals surface area contributed by atoms with Crippen LogP contribution in [0.15, 0.2) is 0 Å². The van der Waals surface area contributed by atoms with Crippen LogP contribution in [0.5, 0.6) is 0 Å². The van der Waals surface area contributed by atoms with E-state index in [-0.39, 0.29) is 12.5 Å². The summed E-state index contributed by atoms with van der Waals surface area (Å²) in [6.07, 6.45) is 0. The molecule has 1 aromatic heterocycles. The number of nitrogens with one attached hydrogen (secondary N) is 1. The van der Waals surface area contributed by atoms with Gasteiger partial charge < -0.3 is 16.0 Å². The maximum Gasteiger partial charge on any atom is 0.236 e. The van der Waals surface area contributed by atoms with Gasteiger partial charge in [-0.15, -0.1) is 0 Å². The number of nitrogens with two attached hydrogens (primary N) is 1. The highest BCUT2D eigenvalue weighted by molar-refractivity contribution is 5.79. The molecule has 1 amide bonds. The maximum atomic E-state index is 11.1. The molecule has 1 heterocycles. The molecule has 3 N–H and O–H groups in total. The largest absolute Gasteiger partial charge is 0.368 e. The Balaban J connectivity index is 3.12. The van der Waals surface area contributed by atoms with E-state index in [1.54, 1.807) is 4.68 Å². The number of amides is 1. The molecule has 0 saturated carbocycles. The molecular weight excluding hydrogens is 218 g/mol. The molecule has 0 aliphatic carbocycles. The summed E-state index contributed by atoms with van der Waals surface area (Å²) in [5.74, 6) is 0.624. The number of hydrogen-bond acceptors (Lipinski definition) is 4. The summed E-state index contributed by atoms with van der Waals surface area (Å²) in [6.45, 7) is 5.62. The van der Waals surface area contributed by atoms with Crippen LogP contribution in [0.2, 0.25) is 0 Å². The van der Waals surface area contributed by atoms with Gasteiger partial charge in [-0.3, -0.25) is 9.48 Å². The second-order valence-corrected chi connectivity index (χ2v) is 4.02. The molecule has 0 unspecified atom stereocenters. The molecule has 0 aromatic carbocycles. The van der Waals surface area contributed by atoms with Gasteiger partial charge in [-0.2, -0.15) is 5.10 Å². The van der Waals surface area contributed by atoms with E-state index in [0.29, 0.717) is 0 Å². The lowest BCUT2D eigenvalue weighted by molar-refractivity contribution is -0.116. The highest BCUT2D eigenvalue weighted by Gasteiger charge is 2.18. The number of nitrogens with zero attached hydrogens (tertiary/aromatic N) is 3. The summed E-state index contributed by atoms with van der Waals surface area (Å²) in [6, 6.07) is 0. The Hall–Kier alpha value is -1.56. The summed E-state index contributed by atoms with van der Waals surface area (Å²) >= 11 is 0. The lowest BCUT2D eigenvalue weighted by Crippen LogP contribution is -2.35. The predicted octanol–water partition coefficient (Wildman–Crippen LogP) is -0.240. The quantitative estimate of drug-likeness (QED) is 0.718. The Kier molecular flexibility index (Phi) is 4.51. The highest BCUT2D eigenvalue weighted by Crippen LogP contribution is 2.22. The molecule has 0 aliphatic rings. The lowest BCUT2D eigenvalue weighted by Gasteiger charge is -2.22. The predicted molar refractivity (Wildman–Crippen MR) is 67.8 cm³/mol. The van der Waals surface area contributed by atoms with Gasteiger partial charge in [0.2, 0.25) is 5.91 Å². The number of aryl methyl sites for hydroxylation is 2. The summed E-state index contributed by atoms with van der Waals surface area (Å²) in [7, 11) is 3.77. The van der Waals surface area contributed by atoms with Crippen molar-refractivity contribution in [2.75, 3.05) is 25.0 Å². The van der Waals surface area contributed by atoms with Crippen LogP contribution >= 0.6 is 0 Å². The number of hydrogen-bond donors (Lipinski definition) is 2. The van der Waals surface area contributed by atoms with E-state index in [1.807, 2.05) is 32.8 Å². The third kappa shape index (κ3) is 2.97. The molecule has 6 heteroatoms. The summed E-state index contributed by atoms with van der Waals surface area (Å²) in [5, 5.41) is 7.50. The average molecular weight is 239 g/mol. The zero-order valence-corrected chi connectivity index (χ0v) is 10.9. The van der Waals surface area contributed by atoms with E-state index in [1.165, 1.54) is 0 Å². The number of carbonyl (C=O) groups excluding carboxylic acids is 1. The Labute approximate surface area is 102 Å². The first-order valence-corrected chi connectivity index (χ1v) is 5.71. The van der Waals surface area contributed by atoms with Crippen molar-refractivity contribution in [3.05, 3.63) is 11.3 Å². The average Bonchev–Trinajstić information content (AvgIpc) is 2.51. The van der Waals surface area contributed by atoms with Gasteiger partial charge in [0.25, 0.3) is 0 Å². The molecule has 1 aromatic rings. The van der Waals surface area contributed by atoms with Gasteiger partial charge in [-0.05, 0) is 20.9 Å². The van der Waals surface area contributed by atoms with Crippen LogP contribution in [0, 0.1) is 6.92 Å². The number of rotatable bonds is 6. The third-order valence-corrected chi connectivity index (χ3v) is 2.69. The van der Waals surface area contributed by atoms with Crippen LogP contribution in [-0.4, -0.2) is 35.8 Å². The minimum Gasteiger partial charge on any atom is -0.368 e. The van der Waals surface area contributed by atoms with Gasteiger partial charge in [0.05, 0.1) is 12.2 Å². The second kappa shape index (κ2) is 5.67. The standard InChI is InChI=1S/C11H21N5O/c1-5-16(7-10(12)17)11-9(6-13-3)8(2)14-15(11)4/h13H,5-7H2,1-4H3,(H2,12,17). The highest BCUT2D eigenvalue weighted by atomic mass is 16.1. The number of likely N-dealkylation sites (N-methyl/N-ethyl adjacent to an activating group) is 1. The van der Waals surface area contributed by atoms with Crippen molar-refractivity contribution in [2.45, 2.75) is 20.4 Å². The zero-order chi connectivity index (χ0) is 13.0. The molecule has 0 aliphatic heterocycles. The van der Waals surface area contributed by atoms with Crippen molar-refractivity contribution >= 4 is 11.7 Å². The zero-order valence-electron chi connectivity index (χ0n) is 10.9. The Morgan fingerprint density at radius 2 is 2.24 bits per heavy atom. The minimum absolute atomic E-state index is 0.214. The van der Waals surface area contributed by atoms with Crippen molar-refractivity contribution in [3.63, 3.8) is 0 Å². The molecule has 0 radical (unpaired) electrons. The summed E-state index contributed by atoms with van der Waals surface area (Å²) in [5.41, 5.74) is 7.34. The van der Waals surface area contributed by atoms with Crippen molar-refractivity contribution in [2.24, 2.45) is 12.8 Å². The first kappa shape index (κ1) is 13.5. The van der Waals surface area contributed by atoms with Crippen LogP contribution in [0.1, 0.15) is 18.2 Å². The van der Waals surface area contributed by atoms with E-state index in [2.05, 4.69) is 10.4 Å². The SMILES string of the molecule is CCN(CC(N)=O)c1c(CNC)c(C)nn1C. The molecule has 0 bridgehead atoms. The van der Waals surface area contributed by atoms with Crippen molar-refractivity contribution in [1.82, 2.24) is 15.1 Å². The van der Waals surface area contributed by atoms with Crippen LogP contribution < -0.4 is 16.0 Å². The summed E-state index contributed by atoms with van der Waals surface area (Å²) < 4.78 is 1.80. The van der Waals surface area contributed by atoms with Gasteiger partial charge in [-0.1, -0.05) is 0 Å². The van der Waals surface area contributed by atoms with Gasteiger partial charge in [0.15, 0.2) is 0 Å². The smallest absolute Gasteiger partial charge is 0.236 e. The van der Waals surface area contributed by atoms with Gasteiger partial charge >= 0.3 is 0 Å². The first-order valence-electron chi connectivity index (χ1n) is 5.71. The number of carbonyl (C=O) groups is 1. The molecule has 0 saturated heterocycles. The van der Waals surface area contributed by atoms with Crippen molar-refractivity contribution in [1.29, 1.82) is 0 Å². The second-order valence-electron chi connectivity index (χ2n) is 4.02. The van der Waals surface area contributed by atoms with E-state index in [9.17, 15) is 4.79 Å². The molecule has 0 atom stereocenters. The van der Waals surface area contributed by atoms with E-state index < -0.39 is 0 Å². The molecule has 6 nitrogen and oxygen atoms in total. The monoisotopic (exact) mass is 239 g/mol. The van der Waals surface area contributed by atoms with Gasteiger partial charge in [0.1, 0.15) is 5.82 Å². The van der Waals surface area contributed by atoms with Crippen LogP contribution in [0.4, 0.5) is 5.82 Å². The fourth-order valence-electron chi connectivity index (χ4n) is 1.99. The van der Waals surface area contributed by atoms with E-state index in [4.69, 9.17) is 5.73 Å². The number of primary amides is 1. The third-order valence-electron chi connectivity index (χ3n) is 2.69. The van der Waals surface area contributed by atoms with Gasteiger partial charge in [0, 0.05) is 25.7 Å². The molecule has 1 rings (SSSR count). The number of anilines is 1. The molecule has 96 valence electrons. The first-order chi connectivity index (χ1) is 8.01. The van der Waals surface area contributed by atoms with E-state index in [0.717, 1.165) is 30.2 Å². The normalized spacial score (nSPS) is 10.6. The Morgan fingerprint density at radius 3 is 2.71 bits per heavy atom. The van der Waals surface area contributed by atoms with Crippen LogP contribution in [0.25, 0.3) is 0 Å². The number of aromatic nitrogens is 2. The fraction of sp³-hybridized carbons (Fsp3) is 0.636. The Bertz CT molecular complexity index is 399. The molecular formula is C11H21N5O. The van der Waals surface area contributed by atoms with Gasteiger partial charge in [-0.25, -0.2) is 0 Å². The molecule has 0 spiro atoms. The molecule has 17 heavy (non-hydrogen) atoms. The van der Waals surface area contributed by atoms with E-state index >= 15 is 0 Å². The fourth-order valence-corrected chi connectivity index (χ4v) is 1.99. The lowest BCUT2D eigenvalue weighted by atomic mass is 10.2.